The number of nitrogens with zero attached hydrogens (tertiary/aromatic N) is 2. The molecule has 2 heterocycles. The average Bonchev–Trinajstić information content (AvgIpc) is 3.08. The molecule has 0 unspecified atom stereocenters. The average molecular weight is 347 g/mol. The van der Waals surface area contributed by atoms with Gasteiger partial charge in [-0.3, -0.25) is 4.98 Å². The lowest BCUT2D eigenvalue weighted by Crippen LogP contribution is -1.84. The molecule has 0 fully saturated rings. The monoisotopic (exact) mass is 347 g/mol. The molecule has 25 heavy (non-hydrogen) atoms. The molecule has 4 rings (SSSR count). The van der Waals surface area contributed by atoms with E-state index in [-0.39, 0.29) is 5.82 Å². The summed E-state index contributed by atoms with van der Waals surface area (Å²) < 4.78 is 13.3. The molecule has 0 saturated carbocycles. The van der Waals surface area contributed by atoms with Crippen LogP contribution in [0.1, 0.15) is 0 Å². The molecule has 0 bridgehead atoms. The summed E-state index contributed by atoms with van der Waals surface area (Å²) in [6.07, 6.45) is 3.49. The molecule has 0 amide bonds. The molecular weight excluding hydrogens is 333 g/mol. The number of aromatic nitrogens is 3. The van der Waals surface area contributed by atoms with Gasteiger partial charge in [-0.2, -0.15) is 0 Å². The number of nitrogens with one attached hydrogen (secondary N) is 1. The van der Waals surface area contributed by atoms with E-state index in [4.69, 9.17) is 4.98 Å². The summed E-state index contributed by atoms with van der Waals surface area (Å²) in [4.78, 5) is 13.3. The lowest BCUT2D eigenvalue weighted by Gasteiger charge is -2.02. The van der Waals surface area contributed by atoms with Crippen molar-refractivity contribution in [3.63, 3.8) is 0 Å². The van der Waals surface area contributed by atoms with Gasteiger partial charge < -0.3 is 4.98 Å². The highest BCUT2D eigenvalue weighted by Crippen LogP contribution is 2.34. The molecule has 2 aromatic carbocycles. The second-order valence-electron chi connectivity index (χ2n) is 5.42. The molecule has 4 aromatic rings. The molecule has 122 valence electrons. The Morgan fingerprint density at radius 3 is 2.24 bits per heavy atom. The molecule has 0 atom stereocenters. The van der Waals surface area contributed by atoms with Crippen molar-refractivity contribution >= 4 is 11.8 Å². The summed E-state index contributed by atoms with van der Waals surface area (Å²) in [5.41, 5.74) is 3.54. The molecule has 0 aliphatic carbocycles. The van der Waals surface area contributed by atoms with Crippen LogP contribution in [0.4, 0.5) is 4.39 Å². The van der Waals surface area contributed by atoms with Crippen molar-refractivity contribution in [1.29, 1.82) is 0 Å². The first-order valence-corrected chi connectivity index (χ1v) is 8.60. The van der Waals surface area contributed by atoms with E-state index in [1.807, 2.05) is 42.5 Å². The maximum Gasteiger partial charge on any atom is 0.171 e. The Balaban J connectivity index is 1.79. The molecule has 2 aromatic heterocycles. The first-order valence-electron chi connectivity index (χ1n) is 7.79. The van der Waals surface area contributed by atoms with Gasteiger partial charge in [-0.1, -0.05) is 30.0 Å². The minimum Gasteiger partial charge on any atom is -0.332 e. The standard InChI is InChI=1S/C20H14FN3S/c21-16-8-6-14(7-9-16)18-19(15-10-12-22-13-11-15)24-20(23-18)25-17-4-2-1-3-5-17/h1-13H,(H,23,24). The maximum absolute atomic E-state index is 13.3. The Hall–Kier alpha value is -2.92. The van der Waals surface area contributed by atoms with Crippen LogP contribution in [0.25, 0.3) is 22.5 Å². The Bertz CT molecular complexity index is 967. The van der Waals surface area contributed by atoms with Gasteiger partial charge in [0.1, 0.15) is 5.82 Å². The number of H-pyrrole nitrogens is 1. The highest BCUT2D eigenvalue weighted by atomic mass is 32.2. The number of pyridine rings is 1. The van der Waals surface area contributed by atoms with Crippen molar-refractivity contribution in [2.24, 2.45) is 0 Å². The van der Waals surface area contributed by atoms with Crippen LogP contribution in [0.15, 0.2) is 89.2 Å². The van der Waals surface area contributed by atoms with Gasteiger partial charge in [0.2, 0.25) is 0 Å². The Kier molecular flexibility index (Phi) is 4.31. The minimum absolute atomic E-state index is 0.261. The van der Waals surface area contributed by atoms with Crippen molar-refractivity contribution < 1.29 is 4.39 Å². The van der Waals surface area contributed by atoms with Gasteiger partial charge in [0, 0.05) is 28.4 Å². The number of imidazole rings is 1. The number of hydrogen-bond acceptors (Lipinski definition) is 3. The molecule has 3 nitrogen and oxygen atoms in total. The second-order valence-corrected chi connectivity index (χ2v) is 6.49. The van der Waals surface area contributed by atoms with Crippen molar-refractivity contribution in [2.75, 3.05) is 0 Å². The Morgan fingerprint density at radius 2 is 1.52 bits per heavy atom. The van der Waals surface area contributed by atoms with Crippen molar-refractivity contribution in [1.82, 2.24) is 15.0 Å². The van der Waals surface area contributed by atoms with E-state index in [0.717, 1.165) is 32.6 Å². The van der Waals surface area contributed by atoms with E-state index in [9.17, 15) is 4.39 Å². The number of hydrogen-bond donors (Lipinski definition) is 1. The van der Waals surface area contributed by atoms with E-state index < -0.39 is 0 Å². The first kappa shape index (κ1) is 15.6. The topological polar surface area (TPSA) is 41.6 Å². The van der Waals surface area contributed by atoms with Crippen LogP contribution in [0.2, 0.25) is 0 Å². The lowest BCUT2D eigenvalue weighted by molar-refractivity contribution is 0.628. The Labute approximate surface area is 149 Å². The molecule has 0 spiro atoms. The van der Waals surface area contributed by atoms with Crippen LogP contribution in [0, 0.1) is 5.82 Å². The van der Waals surface area contributed by atoms with Crippen LogP contribution < -0.4 is 0 Å². The van der Waals surface area contributed by atoms with Crippen LogP contribution in [0.5, 0.6) is 0 Å². The van der Waals surface area contributed by atoms with Gasteiger partial charge >= 0.3 is 0 Å². The van der Waals surface area contributed by atoms with Gasteiger partial charge in [-0.05, 0) is 48.5 Å². The number of aromatic amines is 1. The third-order valence-electron chi connectivity index (χ3n) is 3.73. The van der Waals surface area contributed by atoms with Crippen molar-refractivity contribution in [3.8, 4) is 22.5 Å². The summed E-state index contributed by atoms with van der Waals surface area (Å²) in [6.45, 7) is 0. The number of halogens is 1. The molecular formula is C20H14FN3S. The van der Waals surface area contributed by atoms with Crippen LogP contribution >= 0.6 is 11.8 Å². The maximum atomic E-state index is 13.3. The fourth-order valence-electron chi connectivity index (χ4n) is 2.54. The van der Waals surface area contributed by atoms with Crippen molar-refractivity contribution in [2.45, 2.75) is 10.1 Å². The summed E-state index contributed by atoms with van der Waals surface area (Å²) in [5, 5.41) is 0.789. The molecule has 0 aliphatic rings. The zero-order valence-electron chi connectivity index (χ0n) is 13.2. The summed E-state index contributed by atoms with van der Waals surface area (Å²) in [7, 11) is 0. The predicted octanol–water partition coefficient (Wildman–Crippen LogP) is 5.43. The highest BCUT2D eigenvalue weighted by Gasteiger charge is 2.15. The SMILES string of the molecule is Fc1ccc(-c2nc(Sc3ccccc3)[nH]c2-c2ccncc2)cc1. The van der Waals surface area contributed by atoms with Gasteiger partial charge in [0.05, 0.1) is 11.4 Å². The largest absolute Gasteiger partial charge is 0.332 e. The summed E-state index contributed by atoms with van der Waals surface area (Å²) >= 11 is 1.56. The molecule has 0 saturated heterocycles. The van der Waals surface area contributed by atoms with E-state index >= 15 is 0 Å². The van der Waals surface area contributed by atoms with E-state index in [2.05, 4.69) is 9.97 Å². The summed E-state index contributed by atoms with van der Waals surface area (Å²) in [6, 6.07) is 20.3. The number of benzene rings is 2. The molecule has 1 N–H and O–H groups in total. The quantitative estimate of drug-likeness (QED) is 0.535. The smallest absolute Gasteiger partial charge is 0.171 e. The fraction of sp³-hybridized carbons (Fsp3) is 0. The lowest BCUT2D eigenvalue weighted by atomic mass is 10.1. The van der Waals surface area contributed by atoms with Crippen LogP contribution in [-0.4, -0.2) is 15.0 Å². The van der Waals surface area contributed by atoms with Gasteiger partial charge in [0.25, 0.3) is 0 Å². The zero-order valence-corrected chi connectivity index (χ0v) is 14.0. The second kappa shape index (κ2) is 6.91. The predicted molar refractivity (Wildman–Crippen MR) is 97.8 cm³/mol. The van der Waals surface area contributed by atoms with Crippen LogP contribution in [-0.2, 0) is 0 Å². The molecule has 5 heteroatoms. The zero-order chi connectivity index (χ0) is 17.1. The van der Waals surface area contributed by atoms with E-state index in [1.54, 1.807) is 36.3 Å². The highest BCUT2D eigenvalue weighted by molar-refractivity contribution is 7.99. The Morgan fingerprint density at radius 1 is 0.800 bits per heavy atom. The fourth-order valence-corrected chi connectivity index (χ4v) is 3.35. The van der Waals surface area contributed by atoms with Crippen molar-refractivity contribution in [3.05, 3.63) is 84.9 Å². The van der Waals surface area contributed by atoms with Gasteiger partial charge in [0.15, 0.2) is 5.16 Å². The number of rotatable bonds is 4. The van der Waals surface area contributed by atoms with E-state index in [1.165, 1.54) is 12.1 Å². The third-order valence-corrected chi connectivity index (χ3v) is 4.62. The molecule has 0 aliphatic heterocycles. The molecule has 0 radical (unpaired) electrons. The minimum atomic E-state index is -0.261. The summed E-state index contributed by atoms with van der Waals surface area (Å²) in [5.74, 6) is -0.261. The van der Waals surface area contributed by atoms with E-state index in [0.29, 0.717) is 0 Å². The van der Waals surface area contributed by atoms with Crippen LogP contribution in [0.3, 0.4) is 0 Å². The first-order chi connectivity index (χ1) is 12.3. The third kappa shape index (κ3) is 3.46. The normalized spacial score (nSPS) is 10.8. The van der Waals surface area contributed by atoms with Gasteiger partial charge in [-0.25, -0.2) is 9.37 Å². The van der Waals surface area contributed by atoms with Gasteiger partial charge in [-0.15, -0.1) is 0 Å².